The summed E-state index contributed by atoms with van der Waals surface area (Å²) < 4.78 is 29.2. The van der Waals surface area contributed by atoms with Crippen LogP contribution >= 0.6 is 12.2 Å². The molecule has 27 heavy (non-hydrogen) atoms. The molecule has 5 nitrogen and oxygen atoms in total. The number of sulfone groups is 1. The molecule has 0 aliphatic carbocycles. The number of aryl methyl sites for hydroxylation is 1. The van der Waals surface area contributed by atoms with Gasteiger partial charge in [-0.3, -0.25) is 0 Å². The van der Waals surface area contributed by atoms with E-state index in [1.807, 2.05) is 60.4 Å². The Morgan fingerprint density at radius 2 is 1.93 bits per heavy atom. The third-order valence-corrected chi connectivity index (χ3v) is 6.90. The van der Waals surface area contributed by atoms with Crippen LogP contribution in [0.15, 0.2) is 48.5 Å². The van der Waals surface area contributed by atoms with Crippen LogP contribution in [0.2, 0.25) is 0 Å². The molecular weight excluding hydrogens is 380 g/mol. The lowest BCUT2D eigenvalue weighted by atomic mass is 10.1. The van der Waals surface area contributed by atoms with Crippen molar-refractivity contribution in [3.05, 3.63) is 59.7 Å². The number of anilines is 1. The Morgan fingerprint density at radius 3 is 2.52 bits per heavy atom. The number of ether oxygens (including phenoxy) is 1. The number of rotatable bonds is 5. The van der Waals surface area contributed by atoms with Crippen molar-refractivity contribution in [2.24, 2.45) is 0 Å². The van der Waals surface area contributed by atoms with E-state index in [-0.39, 0.29) is 17.5 Å². The summed E-state index contributed by atoms with van der Waals surface area (Å²) in [5, 5.41) is 3.84. The number of nitrogens with zero attached hydrogens (tertiary/aromatic N) is 1. The minimum atomic E-state index is -3.01. The lowest BCUT2D eigenvalue weighted by Gasteiger charge is -2.31. The van der Waals surface area contributed by atoms with Crippen LogP contribution in [0.5, 0.6) is 5.75 Å². The van der Waals surface area contributed by atoms with Gasteiger partial charge in [0, 0.05) is 18.3 Å². The molecule has 2 aromatic rings. The molecular formula is C20H24N2O3S2. The lowest BCUT2D eigenvalue weighted by Crippen LogP contribution is -2.43. The smallest absolute Gasteiger partial charge is 0.174 e. The number of hydrogen-bond acceptors (Lipinski definition) is 4. The molecule has 1 N–H and O–H groups in total. The first-order chi connectivity index (χ1) is 12.9. The summed E-state index contributed by atoms with van der Waals surface area (Å²) in [4.78, 5) is 1.99. The molecule has 0 unspecified atom stereocenters. The van der Waals surface area contributed by atoms with Gasteiger partial charge in [0.1, 0.15) is 5.75 Å². The number of thiocarbonyl (C=S) groups is 1. The van der Waals surface area contributed by atoms with E-state index in [9.17, 15) is 8.42 Å². The van der Waals surface area contributed by atoms with Crippen LogP contribution < -0.4 is 10.1 Å². The molecule has 7 heteroatoms. The summed E-state index contributed by atoms with van der Waals surface area (Å²) in [6.45, 7) is 2.56. The van der Waals surface area contributed by atoms with Gasteiger partial charge in [-0.1, -0.05) is 30.3 Å². The minimum Gasteiger partial charge on any atom is -0.497 e. The Hall–Kier alpha value is -2.12. The second kappa shape index (κ2) is 8.27. The molecule has 0 spiro atoms. The average Bonchev–Trinajstić information content (AvgIpc) is 3.01. The summed E-state index contributed by atoms with van der Waals surface area (Å²) in [5.41, 5.74) is 3.07. The van der Waals surface area contributed by atoms with E-state index in [0.29, 0.717) is 18.1 Å². The fourth-order valence-corrected chi connectivity index (χ4v) is 5.27. The molecule has 0 saturated carbocycles. The van der Waals surface area contributed by atoms with Gasteiger partial charge in [0.05, 0.1) is 18.6 Å². The second-order valence-electron chi connectivity index (χ2n) is 6.78. The summed E-state index contributed by atoms with van der Waals surface area (Å²) >= 11 is 5.67. The second-order valence-corrected chi connectivity index (χ2v) is 9.39. The van der Waals surface area contributed by atoms with E-state index in [4.69, 9.17) is 17.0 Å². The molecule has 3 rings (SSSR count). The average molecular weight is 405 g/mol. The molecule has 1 atom stereocenters. The van der Waals surface area contributed by atoms with E-state index in [2.05, 4.69) is 5.32 Å². The topological polar surface area (TPSA) is 58.6 Å². The van der Waals surface area contributed by atoms with Gasteiger partial charge in [0.2, 0.25) is 0 Å². The maximum Gasteiger partial charge on any atom is 0.174 e. The molecule has 1 fully saturated rings. The van der Waals surface area contributed by atoms with Crippen molar-refractivity contribution >= 4 is 32.9 Å². The third-order valence-electron chi connectivity index (χ3n) is 4.81. The predicted molar refractivity (Wildman–Crippen MR) is 113 cm³/mol. The van der Waals surface area contributed by atoms with Crippen LogP contribution in [-0.4, -0.2) is 43.1 Å². The highest BCUT2D eigenvalue weighted by Crippen LogP contribution is 2.23. The number of nitrogens with one attached hydrogen (secondary N) is 1. The zero-order valence-electron chi connectivity index (χ0n) is 15.5. The van der Waals surface area contributed by atoms with Gasteiger partial charge >= 0.3 is 0 Å². The summed E-state index contributed by atoms with van der Waals surface area (Å²) in [6.07, 6.45) is 0.591. The first-order valence-corrected chi connectivity index (χ1v) is 11.1. The van der Waals surface area contributed by atoms with Gasteiger partial charge in [-0.05, 0) is 54.9 Å². The highest BCUT2D eigenvalue weighted by molar-refractivity contribution is 7.91. The van der Waals surface area contributed by atoms with Crippen molar-refractivity contribution in [3.8, 4) is 5.75 Å². The monoisotopic (exact) mass is 404 g/mol. The number of methoxy groups -OCH3 is 1. The molecule has 0 aromatic heterocycles. The summed E-state index contributed by atoms with van der Waals surface area (Å²) in [7, 11) is -1.38. The SMILES string of the molecule is COc1ccc(CN(C(=S)Nc2ccccc2C)[C@@H]2CCS(=O)(=O)C2)cc1. The molecule has 1 aliphatic heterocycles. The minimum absolute atomic E-state index is 0.124. The Morgan fingerprint density at radius 1 is 1.22 bits per heavy atom. The van der Waals surface area contributed by atoms with Crippen molar-refractivity contribution in [3.63, 3.8) is 0 Å². The van der Waals surface area contributed by atoms with Crippen molar-refractivity contribution < 1.29 is 13.2 Å². The Labute approximate surface area is 166 Å². The molecule has 1 aliphatic rings. The van der Waals surface area contributed by atoms with Gasteiger partial charge in [-0.15, -0.1) is 0 Å². The van der Waals surface area contributed by atoms with Crippen LogP contribution in [0.4, 0.5) is 5.69 Å². The molecule has 0 bridgehead atoms. The van der Waals surface area contributed by atoms with E-state index >= 15 is 0 Å². The Bertz CT molecular complexity index is 911. The summed E-state index contributed by atoms with van der Waals surface area (Å²) in [6, 6.07) is 15.5. The van der Waals surface area contributed by atoms with E-state index < -0.39 is 9.84 Å². The van der Waals surface area contributed by atoms with Gasteiger partial charge in [-0.2, -0.15) is 0 Å². The molecule has 0 radical (unpaired) electrons. The van der Waals surface area contributed by atoms with Crippen molar-refractivity contribution in [2.45, 2.75) is 25.9 Å². The van der Waals surface area contributed by atoms with Crippen LogP contribution in [0.3, 0.4) is 0 Å². The largest absolute Gasteiger partial charge is 0.497 e. The van der Waals surface area contributed by atoms with Crippen molar-refractivity contribution in [1.29, 1.82) is 0 Å². The maximum atomic E-state index is 12.0. The van der Waals surface area contributed by atoms with Gasteiger partial charge in [0.15, 0.2) is 14.9 Å². The molecule has 0 amide bonds. The van der Waals surface area contributed by atoms with Crippen LogP contribution in [-0.2, 0) is 16.4 Å². The zero-order valence-corrected chi connectivity index (χ0v) is 17.1. The molecule has 144 valence electrons. The van der Waals surface area contributed by atoms with Crippen LogP contribution in [0.1, 0.15) is 17.5 Å². The maximum absolute atomic E-state index is 12.0. The highest BCUT2D eigenvalue weighted by Gasteiger charge is 2.33. The molecule has 2 aromatic carbocycles. The van der Waals surface area contributed by atoms with E-state index in [0.717, 1.165) is 22.6 Å². The summed E-state index contributed by atoms with van der Waals surface area (Å²) in [5.74, 6) is 1.14. The third kappa shape index (κ3) is 4.99. The van der Waals surface area contributed by atoms with Gasteiger partial charge in [-0.25, -0.2) is 8.42 Å². The fourth-order valence-electron chi connectivity index (χ4n) is 3.22. The van der Waals surface area contributed by atoms with Gasteiger partial charge < -0.3 is 15.0 Å². The Balaban J connectivity index is 1.82. The molecule has 1 saturated heterocycles. The van der Waals surface area contributed by atoms with Crippen LogP contribution in [0, 0.1) is 6.92 Å². The number of benzene rings is 2. The van der Waals surface area contributed by atoms with E-state index in [1.165, 1.54) is 0 Å². The zero-order chi connectivity index (χ0) is 19.4. The number of hydrogen-bond donors (Lipinski definition) is 1. The first kappa shape index (κ1) is 19.6. The van der Waals surface area contributed by atoms with Gasteiger partial charge in [0.25, 0.3) is 0 Å². The Kier molecular flexibility index (Phi) is 6.01. The van der Waals surface area contributed by atoms with Crippen molar-refractivity contribution in [1.82, 2.24) is 4.90 Å². The van der Waals surface area contributed by atoms with Crippen molar-refractivity contribution in [2.75, 3.05) is 23.9 Å². The van der Waals surface area contributed by atoms with Crippen LogP contribution in [0.25, 0.3) is 0 Å². The standard InChI is InChI=1S/C20H24N2O3S2/c1-15-5-3-4-6-19(15)21-20(26)22(17-11-12-27(23,24)14-17)13-16-7-9-18(25-2)10-8-16/h3-10,17H,11-14H2,1-2H3,(H,21,26)/t17-/m1/s1. The lowest BCUT2D eigenvalue weighted by molar-refractivity contribution is 0.332. The highest BCUT2D eigenvalue weighted by atomic mass is 32.2. The number of para-hydroxylation sites is 1. The van der Waals surface area contributed by atoms with E-state index in [1.54, 1.807) is 7.11 Å². The molecule has 1 heterocycles. The normalized spacial score (nSPS) is 18.1. The quantitative estimate of drug-likeness (QED) is 0.771. The predicted octanol–water partition coefficient (Wildman–Crippen LogP) is 3.39. The fraction of sp³-hybridized carbons (Fsp3) is 0.350. The first-order valence-electron chi connectivity index (χ1n) is 8.84.